The maximum Gasteiger partial charge on any atom is 0.0761 e. The van der Waals surface area contributed by atoms with Gasteiger partial charge in [-0.3, -0.25) is 0 Å². The first-order chi connectivity index (χ1) is 9.15. The number of aliphatic hydroxyl groups is 1. The predicted octanol–water partition coefficient (Wildman–Crippen LogP) is 5.59. The molecule has 1 nitrogen and oxygen atoms in total. The monoisotopic (exact) mass is 262 g/mol. The van der Waals surface area contributed by atoms with Crippen molar-refractivity contribution in [2.24, 2.45) is 0 Å². The summed E-state index contributed by atoms with van der Waals surface area (Å²) in [6.07, 6.45) is 9.12. The van der Waals surface area contributed by atoms with E-state index in [0.29, 0.717) is 5.92 Å². The van der Waals surface area contributed by atoms with Gasteiger partial charge in [-0.05, 0) is 30.4 Å². The summed E-state index contributed by atoms with van der Waals surface area (Å²) < 4.78 is 0. The molecule has 0 aliphatic heterocycles. The summed E-state index contributed by atoms with van der Waals surface area (Å²) in [5.74, 6) is 0.634. The SMILES string of the molecule is CCCCCCCCC(C)c1ccc(C(C)O)cc1. The molecule has 1 N–H and O–H groups in total. The van der Waals surface area contributed by atoms with E-state index in [1.54, 1.807) is 0 Å². The summed E-state index contributed by atoms with van der Waals surface area (Å²) in [5, 5.41) is 9.50. The van der Waals surface area contributed by atoms with Crippen molar-refractivity contribution >= 4 is 0 Å². The first-order valence-electron chi connectivity index (χ1n) is 7.93. The van der Waals surface area contributed by atoms with Gasteiger partial charge in [0, 0.05) is 0 Å². The fourth-order valence-corrected chi connectivity index (χ4v) is 2.50. The zero-order chi connectivity index (χ0) is 14.1. The Morgan fingerprint density at radius 3 is 1.95 bits per heavy atom. The summed E-state index contributed by atoms with van der Waals surface area (Å²) in [4.78, 5) is 0. The minimum atomic E-state index is -0.358. The van der Waals surface area contributed by atoms with Gasteiger partial charge in [-0.25, -0.2) is 0 Å². The number of rotatable bonds is 9. The maximum atomic E-state index is 9.50. The second kappa shape index (κ2) is 9.14. The van der Waals surface area contributed by atoms with E-state index in [2.05, 4.69) is 38.1 Å². The molecule has 0 fully saturated rings. The third-order valence-electron chi connectivity index (χ3n) is 3.98. The topological polar surface area (TPSA) is 20.2 Å². The van der Waals surface area contributed by atoms with Crippen molar-refractivity contribution in [1.29, 1.82) is 0 Å². The van der Waals surface area contributed by atoms with Crippen molar-refractivity contribution in [3.8, 4) is 0 Å². The molecule has 1 rings (SSSR count). The molecule has 0 heterocycles. The van der Waals surface area contributed by atoms with Crippen LogP contribution in [0.2, 0.25) is 0 Å². The van der Waals surface area contributed by atoms with Crippen molar-refractivity contribution in [3.05, 3.63) is 35.4 Å². The number of unbranched alkanes of at least 4 members (excludes halogenated alkanes) is 5. The molecule has 0 amide bonds. The molecular formula is C18H30O. The van der Waals surface area contributed by atoms with Crippen molar-refractivity contribution in [3.63, 3.8) is 0 Å². The Morgan fingerprint density at radius 1 is 0.842 bits per heavy atom. The Balaban J connectivity index is 2.27. The van der Waals surface area contributed by atoms with E-state index in [0.717, 1.165) is 5.56 Å². The lowest BCUT2D eigenvalue weighted by Crippen LogP contribution is -1.96. The quantitative estimate of drug-likeness (QED) is 0.575. The molecule has 2 atom stereocenters. The molecule has 108 valence electrons. The third kappa shape index (κ3) is 6.24. The van der Waals surface area contributed by atoms with E-state index in [1.807, 2.05) is 6.92 Å². The van der Waals surface area contributed by atoms with Crippen molar-refractivity contribution < 1.29 is 5.11 Å². The summed E-state index contributed by atoms with van der Waals surface area (Å²) in [7, 11) is 0. The fourth-order valence-electron chi connectivity index (χ4n) is 2.50. The average Bonchev–Trinajstić information content (AvgIpc) is 2.42. The van der Waals surface area contributed by atoms with Gasteiger partial charge in [0.1, 0.15) is 0 Å². The van der Waals surface area contributed by atoms with E-state index in [1.165, 1.54) is 50.5 Å². The Kier molecular flexibility index (Phi) is 7.81. The van der Waals surface area contributed by atoms with E-state index in [-0.39, 0.29) is 6.10 Å². The van der Waals surface area contributed by atoms with Crippen LogP contribution < -0.4 is 0 Å². The zero-order valence-electron chi connectivity index (χ0n) is 12.9. The van der Waals surface area contributed by atoms with Crippen LogP contribution in [0.4, 0.5) is 0 Å². The average molecular weight is 262 g/mol. The standard InChI is InChI=1S/C18H30O/c1-4-5-6-7-8-9-10-15(2)17-11-13-18(14-12-17)16(3)19/h11-16,19H,4-10H2,1-3H3. The van der Waals surface area contributed by atoms with Gasteiger partial charge in [-0.1, -0.05) is 76.6 Å². The van der Waals surface area contributed by atoms with Crippen LogP contribution >= 0.6 is 0 Å². The van der Waals surface area contributed by atoms with Gasteiger partial charge >= 0.3 is 0 Å². The van der Waals surface area contributed by atoms with Crippen molar-refractivity contribution in [2.75, 3.05) is 0 Å². The molecule has 1 aromatic carbocycles. The van der Waals surface area contributed by atoms with E-state index < -0.39 is 0 Å². The van der Waals surface area contributed by atoms with Gasteiger partial charge < -0.3 is 5.11 Å². The highest BCUT2D eigenvalue weighted by atomic mass is 16.3. The Morgan fingerprint density at radius 2 is 1.37 bits per heavy atom. The summed E-state index contributed by atoms with van der Waals surface area (Å²) in [6.45, 7) is 6.39. The molecule has 0 saturated carbocycles. The summed E-state index contributed by atoms with van der Waals surface area (Å²) in [5.41, 5.74) is 2.41. The lowest BCUT2D eigenvalue weighted by Gasteiger charge is -2.13. The molecule has 1 aromatic rings. The van der Waals surface area contributed by atoms with Gasteiger partial charge in [0.05, 0.1) is 6.10 Å². The molecule has 0 aromatic heterocycles. The lowest BCUT2D eigenvalue weighted by molar-refractivity contribution is 0.199. The number of hydrogen-bond acceptors (Lipinski definition) is 1. The predicted molar refractivity (Wildman–Crippen MR) is 83.5 cm³/mol. The largest absolute Gasteiger partial charge is 0.389 e. The van der Waals surface area contributed by atoms with Crippen molar-refractivity contribution in [1.82, 2.24) is 0 Å². The van der Waals surface area contributed by atoms with E-state index >= 15 is 0 Å². The second-order valence-electron chi connectivity index (χ2n) is 5.80. The maximum absolute atomic E-state index is 9.50. The molecule has 19 heavy (non-hydrogen) atoms. The highest BCUT2D eigenvalue weighted by Gasteiger charge is 2.06. The minimum Gasteiger partial charge on any atom is -0.389 e. The smallest absolute Gasteiger partial charge is 0.0761 e. The number of aliphatic hydroxyl groups excluding tert-OH is 1. The molecule has 0 bridgehead atoms. The van der Waals surface area contributed by atoms with Crippen LogP contribution in [0.25, 0.3) is 0 Å². The molecule has 2 unspecified atom stereocenters. The molecule has 0 aliphatic carbocycles. The Hall–Kier alpha value is -0.820. The van der Waals surface area contributed by atoms with Crippen LogP contribution in [0.3, 0.4) is 0 Å². The highest BCUT2D eigenvalue weighted by molar-refractivity contribution is 5.26. The van der Waals surface area contributed by atoms with Crippen LogP contribution in [-0.2, 0) is 0 Å². The van der Waals surface area contributed by atoms with Gasteiger partial charge in [0.15, 0.2) is 0 Å². The molecule has 0 radical (unpaired) electrons. The Labute approximate surface area is 119 Å². The highest BCUT2D eigenvalue weighted by Crippen LogP contribution is 2.24. The third-order valence-corrected chi connectivity index (χ3v) is 3.98. The molecule has 0 saturated heterocycles. The molecule has 0 aliphatic rings. The summed E-state index contributed by atoms with van der Waals surface area (Å²) >= 11 is 0. The summed E-state index contributed by atoms with van der Waals surface area (Å²) in [6, 6.07) is 8.45. The fraction of sp³-hybridized carbons (Fsp3) is 0.667. The first-order valence-corrected chi connectivity index (χ1v) is 7.93. The normalized spacial score (nSPS) is 14.3. The lowest BCUT2D eigenvalue weighted by atomic mass is 9.93. The van der Waals surface area contributed by atoms with E-state index in [9.17, 15) is 5.11 Å². The van der Waals surface area contributed by atoms with Gasteiger partial charge in [-0.2, -0.15) is 0 Å². The molecular weight excluding hydrogens is 232 g/mol. The van der Waals surface area contributed by atoms with Gasteiger partial charge in [-0.15, -0.1) is 0 Å². The van der Waals surface area contributed by atoms with Crippen LogP contribution in [0.5, 0.6) is 0 Å². The zero-order valence-corrected chi connectivity index (χ0v) is 12.9. The molecule has 1 heteroatoms. The first kappa shape index (κ1) is 16.2. The van der Waals surface area contributed by atoms with Crippen molar-refractivity contribution in [2.45, 2.75) is 77.7 Å². The Bertz CT molecular complexity index is 326. The van der Waals surface area contributed by atoms with Gasteiger partial charge in [0.2, 0.25) is 0 Å². The number of benzene rings is 1. The van der Waals surface area contributed by atoms with Gasteiger partial charge in [0.25, 0.3) is 0 Å². The van der Waals surface area contributed by atoms with Crippen LogP contribution in [0.15, 0.2) is 24.3 Å². The second-order valence-corrected chi connectivity index (χ2v) is 5.80. The van der Waals surface area contributed by atoms with E-state index in [4.69, 9.17) is 0 Å². The van der Waals surface area contributed by atoms with Crippen LogP contribution in [0, 0.1) is 0 Å². The number of hydrogen-bond donors (Lipinski definition) is 1. The minimum absolute atomic E-state index is 0.358. The van der Waals surface area contributed by atoms with Crippen LogP contribution in [-0.4, -0.2) is 5.11 Å². The van der Waals surface area contributed by atoms with Crippen LogP contribution in [0.1, 0.15) is 88.9 Å². The molecule has 0 spiro atoms.